The van der Waals surface area contributed by atoms with Crippen LogP contribution in [0, 0.1) is 0 Å². The summed E-state index contributed by atoms with van der Waals surface area (Å²) in [5.74, 6) is 0.438. The van der Waals surface area contributed by atoms with E-state index >= 15 is 0 Å². The molecule has 29 heavy (non-hydrogen) atoms. The molecule has 0 aliphatic carbocycles. The first-order chi connectivity index (χ1) is 14.1. The number of H-pyrrole nitrogens is 1. The minimum absolute atomic E-state index is 0.407. The lowest BCUT2D eigenvalue weighted by molar-refractivity contribution is 0.218. The van der Waals surface area contributed by atoms with Gasteiger partial charge in [0.2, 0.25) is 5.88 Å². The van der Waals surface area contributed by atoms with E-state index in [1.165, 1.54) is 0 Å². The van der Waals surface area contributed by atoms with Crippen molar-refractivity contribution in [2.45, 2.75) is 13.0 Å². The summed E-state index contributed by atoms with van der Waals surface area (Å²) in [6.07, 6.45) is 6.34. The Morgan fingerprint density at radius 2 is 1.90 bits per heavy atom. The van der Waals surface area contributed by atoms with Crippen molar-refractivity contribution in [3.05, 3.63) is 70.7 Å². The quantitative estimate of drug-likeness (QED) is 0.433. The maximum atomic E-state index is 6.24. The molecule has 0 saturated heterocycles. The zero-order chi connectivity index (χ0) is 20.0. The van der Waals surface area contributed by atoms with Gasteiger partial charge in [0.15, 0.2) is 0 Å². The van der Waals surface area contributed by atoms with Crippen molar-refractivity contribution in [1.29, 1.82) is 0 Å². The van der Waals surface area contributed by atoms with Gasteiger partial charge in [-0.3, -0.25) is 10.1 Å². The molecule has 0 saturated carbocycles. The molecule has 0 aliphatic rings. The van der Waals surface area contributed by atoms with Crippen LogP contribution in [0.25, 0.3) is 27.8 Å². The number of hydrogen-bond donors (Lipinski definition) is 1. The van der Waals surface area contributed by atoms with E-state index in [9.17, 15) is 0 Å². The van der Waals surface area contributed by atoms with Crippen molar-refractivity contribution < 1.29 is 4.74 Å². The highest BCUT2D eigenvalue weighted by molar-refractivity contribution is 6.35. The first-order valence-corrected chi connectivity index (χ1v) is 9.61. The van der Waals surface area contributed by atoms with Gasteiger partial charge < -0.3 is 4.74 Å². The molecule has 0 amide bonds. The number of pyridine rings is 3. The van der Waals surface area contributed by atoms with E-state index in [0.29, 0.717) is 32.7 Å². The van der Waals surface area contributed by atoms with E-state index in [4.69, 9.17) is 27.9 Å². The van der Waals surface area contributed by atoms with Crippen LogP contribution >= 0.6 is 23.2 Å². The number of hydrogen-bond acceptors (Lipinski definition) is 5. The van der Waals surface area contributed by atoms with E-state index in [1.807, 2.05) is 37.4 Å². The van der Waals surface area contributed by atoms with Crippen LogP contribution in [0.4, 0.5) is 0 Å². The van der Waals surface area contributed by atoms with E-state index in [1.54, 1.807) is 29.2 Å². The molecule has 0 unspecified atom stereocenters. The van der Waals surface area contributed by atoms with Crippen molar-refractivity contribution in [2.75, 3.05) is 0 Å². The average Bonchev–Trinajstić information content (AvgIpc) is 3.31. The first kappa shape index (κ1) is 17.9. The molecule has 0 fully saturated rings. The normalized spacial score (nSPS) is 12.5. The Balaban J connectivity index is 1.55. The second kappa shape index (κ2) is 7.02. The summed E-state index contributed by atoms with van der Waals surface area (Å²) in [5, 5.41) is 12.7. The fraction of sp³-hybridized carbons (Fsp3) is 0.100. The summed E-state index contributed by atoms with van der Waals surface area (Å²) < 4.78 is 7.83. The SMILES string of the molecule is C[C@@H](Oc1ccc2[nH]nc(-c3cnn4ccccc34)c2n1)c1c(Cl)cncc1Cl. The van der Waals surface area contributed by atoms with Gasteiger partial charge in [0.1, 0.15) is 17.3 Å². The van der Waals surface area contributed by atoms with Crippen LogP contribution < -0.4 is 4.74 Å². The van der Waals surface area contributed by atoms with E-state index in [2.05, 4.69) is 25.3 Å². The summed E-state index contributed by atoms with van der Waals surface area (Å²) in [4.78, 5) is 8.65. The van der Waals surface area contributed by atoms with E-state index in [0.717, 1.165) is 16.6 Å². The minimum Gasteiger partial charge on any atom is -0.470 e. The summed E-state index contributed by atoms with van der Waals surface area (Å²) in [6.45, 7) is 1.86. The predicted octanol–water partition coefficient (Wildman–Crippen LogP) is 5.11. The maximum absolute atomic E-state index is 6.24. The van der Waals surface area contributed by atoms with Gasteiger partial charge in [-0.05, 0) is 25.1 Å². The Morgan fingerprint density at radius 3 is 2.72 bits per heavy atom. The maximum Gasteiger partial charge on any atom is 0.214 e. The lowest BCUT2D eigenvalue weighted by atomic mass is 10.1. The lowest BCUT2D eigenvalue weighted by Gasteiger charge is -2.16. The highest BCUT2D eigenvalue weighted by atomic mass is 35.5. The number of aromatic nitrogens is 6. The minimum atomic E-state index is -0.407. The third-order valence-electron chi connectivity index (χ3n) is 4.66. The molecule has 7 nitrogen and oxygen atoms in total. The number of rotatable bonds is 4. The Bertz CT molecular complexity index is 1330. The first-order valence-electron chi connectivity index (χ1n) is 8.85. The van der Waals surface area contributed by atoms with Gasteiger partial charge in [0, 0.05) is 30.2 Å². The van der Waals surface area contributed by atoms with Crippen molar-refractivity contribution in [3.8, 4) is 17.1 Å². The number of ether oxygens (including phenoxy) is 1. The molecule has 5 heterocycles. The second-order valence-corrected chi connectivity index (χ2v) is 7.30. The van der Waals surface area contributed by atoms with Crippen LogP contribution in [-0.4, -0.2) is 29.8 Å². The van der Waals surface area contributed by atoms with Gasteiger partial charge >= 0.3 is 0 Å². The topological polar surface area (TPSA) is 81.0 Å². The number of halogens is 2. The molecule has 1 N–H and O–H groups in total. The van der Waals surface area contributed by atoms with Crippen LogP contribution in [-0.2, 0) is 0 Å². The molecule has 0 aliphatic heterocycles. The molecular weight excluding hydrogens is 411 g/mol. The Labute approximate surface area is 175 Å². The third-order valence-corrected chi connectivity index (χ3v) is 5.26. The smallest absolute Gasteiger partial charge is 0.214 e. The van der Waals surface area contributed by atoms with Crippen molar-refractivity contribution >= 4 is 39.8 Å². The van der Waals surface area contributed by atoms with Crippen molar-refractivity contribution in [1.82, 2.24) is 29.8 Å². The highest BCUT2D eigenvalue weighted by Gasteiger charge is 2.19. The summed E-state index contributed by atoms with van der Waals surface area (Å²) in [5.41, 5.74) is 4.70. The van der Waals surface area contributed by atoms with Crippen LogP contribution in [0.5, 0.6) is 5.88 Å². The van der Waals surface area contributed by atoms with Crippen LogP contribution in [0.2, 0.25) is 10.0 Å². The lowest BCUT2D eigenvalue weighted by Crippen LogP contribution is -2.06. The molecule has 0 aromatic carbocycles. The van der Waals surface area contributed by atoms with E-state index < -0.39 is 6.10 Å². The number of nitrogens with zero attached hydrogens (tertiary/aromatic N) is 5. The largest absolute Gasteiger partial charge is 0.470 e. The summed E-state index contributed by atoms with van der Waals surface area (Å²) >= 11 is 12.5. The summed E-state index contributed by atoms with van der Waals surface area (Å²) in [7, 11) is 0. The molecule has 0 bridgehead atoms. The van der Waals surface area contributed by atoms with Crippen molar-refractivity contribution in [2.24, 2.45) is 0 Å². The molecule has 0 spiro atoms. The van der Waals surface area contributed by atoms with Crippen molar-refractivity contribution in [3.63, 3.8) is 0 Å². The molecule has 5 rings (SSSR count). The third kappa shape index (κ3) is 3.08. The molecule has 5 aromatic rings. The molecule has 0 radical (unpaired) electrons. The number of nitrogens with one attached hydrogen (secondary N) is 1. The molecule has 9 heteroatoms. The van der Waals surface area contributed by atoms with Gasteiger partial charge in [-0.25, -0.2) is 9.50 Å². The monoisotopic (exact) mass is 424 g/mol. The van der Waals surface area contributed by atoms with Gasteiger partial charge in [0.25, 0.3) is 0 Å². The Morgan fingerprint density at radius 1 is 1.07 bits per heavy atom. The predicted molar refractivity (Wildman–Crippen MR) is 111 cm³/mol. The zero-order valence-corrected chi connectivity index (χ0v) is 16.7. The molecular formula is C20H14Cl2N6O. The number of aromatic amines is 1. The second-order valence-electron chi connectivity index (χ2n) is 6.48. The average molecular weight is 425 g/mol. The fourth-order valence-corrected chi connectivity index (χ4v) is 3.97. The Kier molecular flexibility index (Phi) is 4.34. The van der Waals surface area contributed by atoms with Crippen LogP contribution in [0.3, 0.4) is 0 Å². The Hall–Kier alpha value is -3.16. The molecule has 144 valence electrons. The van der Waals surface area contributed by atoms with Gasteiger partial charge in [-0.1, -0.05) is 29.3 Å². The summed E-state index contributed by atoms with van der Waals surface area (Å²) in [6, 6.07) is 9.52. The molecule has 5 aromatic heterocycles. The molecule has 1 atom stereocenters. The number of fused-ring (bicyclic) bond motifs is 2. The van der Waals surface area contributed by atoms with Gasteiger partial charge in [-0.15, -0.1) is 0 Å². The van der Waals surface area contributed by atoms with Gasteiger partial charge in [-0.2, -0.15) is 10.2 Å². The fourth-order valence-electron chi connectivity index (χ4n) is 3.30. The van der Waals surface area contributed by atoms with Crippen LogP contribution in [0.1, 0.15) is 18.6 Å². The standard InChI is InChI=1S/C20H14Cl2N6O/c1-11(18-13(21)9-23-10-14(18)22)29-17-6-5-15-20(25-17)19(27-26-15)12-8-24-28-7-3-2-4-16(12)28/h2-11H,1H3,(H,26,27)/t11-/m1/s1. The van der Waals surface area contributed by atoms with Crippen LogP contribution in [0.15, 0.2) is 55.1 Å². The van der Waals surface area contributed by atoms with Gasteiger partial charge in [0.05, 0.1) is 32.8 Å². The van der Waals surface area contributed by atoms with E-state index in [-0.39, 0.29) is 0 Å². The zero-order valence-electron chi connectivity index (χ0n) is 15.2. The highest BCUT2D eigenvalue weighted by Crippen LogP contribution is 2.33.